The molecule has 0 bridgehead atoms. The number of hydrogen-bond donors (Lipinski definition) is 0. The average Bonchev–Trinajstić information content (AvgIpc) is 3.27. The third kappa shape index (κ3) is 4.20. The van der Waals surface area contributed by atoms with Crippen LogP contribution in [0.3, 0.4) is 0 Å². The maximum Gasteiger partial charge on any atom is 0.298 e. The highest BCUT2D eigenvalue weighted by atomic mass is 32.1. The van der Waals surface area contributed by atoms with E-state index in [0.29, 0.717) is 18.3 Å². The van der Waals surface area contributed by atoms with Gasteiger partial charge < -0.3 is 14.2 Å². The van der Waals surface area contributed by atoms with E-state index in [9.17, 15) is 4.79 Å². The van der Waals surface area contributed by atoms with Crippen LogP contribution in [0.5, 0.6) is 5.75 Å². The van der Waals surface area contributed by atoms with Crippen molar-refractivity contribution < 1.29 is 14.1 Å². The number of aromatic nitrogens is 2. The topological polar surface area (TPSA) is 71.7 Å². The first-order valence-electron chi connectivity index (χ1n) is 8.49. The molecule has 0 spiro atoms. The summed E-state index contributed by atoms with van der Waals surface area (Å²) >= 11 is 1.47. The quantitative estimate of drug-likeness (QED) is 0.602. The molecule has 2 aromatic heterocycles. The monoisotopic (exact) mass is 374 g/mol. The summed E-state index contributed by atoms with van der Waals surface area (Å²) in [5, 5.41) is 4.29. The molecule has 0 aliphatic rings. The molecule has 26 heavy (non-hydrogen) atoms. The van der Waals surface area contributed by atoms with Gasteiger partial charge in [-0.15, -0.1) is 0 Å². The lowest BCUT2D eigenvalue weighted by Crippen LogP contribution is -2.33. The maximum absolute atomic E-state index is 12.8. The van der Waals surface area contributed by atoms with Gasteiger partial charge in [0.05, 0.1) is 23.0 Å². The number of benzene rings is 1. The fraction of sp³-hybridized carbons (Fsp3) is 0.389. The summed E-state index contributed by atoms with van der Waals surface area (Å²) in [6.45, 7) is 3.98. The standard InChI is InChI=1S/C18H22N4O3S/c1-4-24-13-6-7-14-16(12-13)26-18(20-14)22(11-5-10-21(2)3)17(23)15-8-9-19-25-15/h6-9,12H,4-5,10-11H2,1-3H3. The Morgan fingerprint density at radius 1 is 1.27 bits per heavy atom. The normalized spacial score (nSPS) is 11.2. The van der Waals surface area contributed by atoms with Gasteiger partial charge in [-0.2, -0.15) is 0 Å². The SMILES string of the molecule is CCOc1ccc2nc(N(CCCN(C)C)C(=O)c3ccno3)sc2c1. The van der Waals surface area contributed by atoms with E-state index < -0.39 is 0 Å². The van der Waals surface area contributed by atoms with Crippen LogP contribution in [0.2, 0.25) is 0 Å². The molecule has 0 N–H and O–H groups in total. The maximum atomic E-state index is 12.8. The summed E-state index contributed by atoms with van der Waals surface area (Å²) in [6.07, 6.45) is 2.30. The number of rotatable bonds is 8. The van der Waals surface area contributed by atoms with Gasteiger partial charge in [-0.1, -0.05) is 16.5 Å². The van der Waals surface area contributed by atoms with Crippen LogP contribution in [0, 0.1) is 0 Å². The van der Waals surface area contributed by atoms with E-state index >= 15 is 0 Å². The van der Waals surface area contributed by atoms with E-state index in [4.69, 9.17) is 9.26 Å². The van der Waals surface area contributed by atoms with Gasteiger partial charge in [0.1, 0.15) is 5.75 Å². The number of carbonyl (C=O) groups excluding carboxylic acids is 1. The third-order valence-electron chi connectivity index (χ3n) is 3.77. The Morgan fingerprint density at radius 2 is 2.12 bits per heavy atom. The van der Waals surface area contributed by atoms with Crippen molar-refractivity contribution in [3.8, 4) is 5.75 Å². The largest absolute Gasteiger partial charge is 0.494 e. The highest BCUT2D eigenvalue weighted by molar-refractivity contribution is 7.22. The molecule has 3 rings (SSSR count). The van der Waals surface area contributed by atoms with E-state index in [1.807, 2.05) is 39.2 Å². The molecule has 3 aromatic rings. The molecule has 7 nitrogen and oxygen atoms in total. The van der Waals surface area contributed by atoms with Crippen LogP contribution in [0.25, 0.3) is 10.2 Å². The molecule has 0 saturated heterocycles. The van der Waals surface area contributed by atoms with Gasteiger partial charge in [0.25, 0.3) is 5.91 Å². The number of fused-ring (bicyclic) bond motifs is 1. The Morgan fingerprint density at radius 3 is 2.81 bits per heavy atom. The fourth-order valence-electron chi connectivity index (χ4n) is 2.55. The Kier molecular flexibility index (Phi) is 5.85. The zero-order valence-electron chi connectivity index (χ0n) is 15.1. The average molecular weight is 374 g/mol. The van der Waals surface area contributed by atoms with Crippen LogP contribution in [0.15, 0.2) is 35.0 Å². The van der Waals surface area contributed by atoms with Gasteiger partial charge in [-0.25, -0.2) is 4.98 Å². The van der Waals surface area contributed by atoms with Crippen LogP contribution < -0.4 is 9.64 Å². The molecule has 0 fully saturated rings. The summed E-state index contributed by atoms with van der Waals surface area (Å²) in [5.74, 6) is 0.783. The number of hydrogen-bond acceptors (Lipinski definition) is 7. The Balaban J connectivity index is 1.89. The number of ether oxygens (including phenoxy) is 1. The molecular weight excluding hydrogens is 352 g/mol. The van der Waals surface area contributed by atoms with Crippen LogP contribution in [-0.2, 0) is 0 Å². The summed E-state index contributed by atoms with van der Waals surface area (Å²) in [4.78, 5) is 21.2. The molecule has 0 atom stereocenters. The second-order valence-corrected chi connectivity index (χ2v) is 7.06. The molecule has 8 heteroatoms. The lowest BCUT2D eigenvalue weighted by Gasteiger charge is -2.19. The molecular formula is C18H22N4O3S. The highest BCUT2D eigenvalue weighted by Gasteiger charge is 2.23. The Bertz CT molecular complexity index is 861. The van der Waals surface area contributed by atoms with Crippen molar-refractivity contribution in [1.29, 1.82) is 0 Å². The zero-order valence-corrected chi connectivity index (χ0v) is 16.0. The van der Waals surface area contributed by atoms with E-state index in [0.717, 1.165) is 28.9 Å². The molecule has 0 aliphatic heterocycles. The predicted octanol–water partition coefficient (Wildman–Crippen LogP) is 3.28. The van der Waals surface area contributed by atoms with E-state index in [1.54, 1.807) is 11.0 Å². The fourth-order valence-corrected chi connectivity index (χ4v) is 3.57. The first-order chi connectivity index (χ1) is 12.6. The number of anilines is 1. The first kappa shape index (κ1) is 18.3. The molecule has 0 unspecified atom stereocenters. The number of amides is 1. The van der Waals surface area contributed by atoms with Crippen molar-refractivity contribution in [3.05, 3.63) is 36.2 Å². The molecule has 0 aliphatic carbocycles. The van der Waals surface area contributed by atoms with Crippen molar-refractivity contribution in [3.63, 3.8) is 0 Å². The zero-order chi connectivity index (χ0) is 18.5. The van der Waals surface area contributed by atoms with E-state index in [-0.39, 0.29) is 11.7 Å². The van der Waals surface area contributed by atoms with Gasteiger partial charge >= 0.3 is 0 Å². The smallest absolute Gasteiger partial charge is 0.298 e. The third-order valence-corrected chi connectivity index (χ3v) is 4.81. The number of thiazole rings is 1. The minimum atomic E-state index is -0.231. The summed E-state index contributed by atoms with van der Waals surface area (Å²) in [6, 6.07) is 7.33. The number of nitrogens with zero attached hydrogens (tertiary/aromatic N) is 4. The van der Waals surface area contributed by atoms with Crippen LogP contribution >= 0.6 is 11.3 Å². The van der Waals surface area contributed by atoms with E-state index in [1.165, 1.54) is 17.5 Å². The van der Waals surface area contributed by atoms with Crippen molar-refractivity contribution in [2.24, 2.45) is 0 Å². The minimum absolute atomic E-state index is 0.212. The predicted molar refractivity (Wildman–Crippen MR) is 102 cm³/mol. The molecule has 0 saturated carbocycles. The summed E-state index contributed by atoms with van der Waals surface area (Å²) < 4.78 is 11.6. The molecule has 1 aromatic carbocycles. The van der Waals surface area contributed by atoms with E-state index in [2.05, 4.69) is 15.0 Å². The molecule has 138 valence electrons. The first-order valence-corrected chi connectivity index (χ1v) is 9.31. The Labute approximate surface area is 156 Å². The lowest BCUT2D eigenvalue weighted by molar-refractivity contribution is 0.0950. The van der Waals surface area contributed by atoms with Gasteiger partial charge in [-0.05, 0) is 52.2 Å². The molecule has 0 radical (unpaired) electrons. The molecule has 2 heterocycles. The van der Waals surface area contributed by atoms with Crippen LogP contribution in [0.4, 0.5) is 5.13 Å². The molecule has 1 amide bonds. The Hall–Kier alpha value is -2.45. The van der Waals surface area contributed by atoms with Crippen molar-refractivity contribution in [1.82, 2.24) is 15.0 Å². The van der Waals surface area contributed by atoms with Crippen molar-refractivity contribution in [2.75, 3.05) is 38.7 Å². The second kappa shape index (κ2) is 8.29. The van der Waals surface area contributed by atoms with Crippen LogP contribution in [-0.4, -0.2) is 54.7 Å². The minimum Gasteiger partial charge on any atom is -0.494 e. The lowest BCUT2D eigenvalue weighted by atomic mass is 10.3. The van der Waals surface area contributed by atoms with Gasteiger partial charge in [0.2, 0.25) is 5.76 Å². The van der Waals surface area contributed by atoms with Gasteiger partial charge in [0.15, 0.2) is 5.13 Å². The highest BCUT2D eigenvalue weighted by Crippen LogP contribution is 2.32. The van der Waals surface area contributed by atoms with Crippen molar-refractivity contribution in [2.45, 2.75) is 13.3 Å². The summed E-state index contributed by atoms with van der Waals surface area (Å²) in [7, 11) is 4.02. The van der Waals surface area contributed by atoms with Crippen molar-refractivity contribution >= 4 is 32.6 Å². The second-order valence-electron chi connectivity index (χ2n) is 6.05. The van der Waals surface area contributed by atoms with Gasteiger partial charge in [0, 0.05) is 12.6 Å². The van der Waals surface area contributed by atoms with Crippen LogP contribution in [0.1, 0.15) is 23.9 Å². The number of carbonyl (C=O) groups is 1. The summed E-state index contributed by atoms with van der Waals surface area (Å²) in [5.41, 5.74) is 0.844. The van der Waals surface area contributed by atoms with Gasteiger partial charge in [-0.3, -0.25) is 9.69 Å².